The quantitative estimate of drug-likeness (QED) is 0.426. The molecule has 0 aromatic carbocycles. The molecule has 3 N–H and O–H groups in total. The lowest BCUT2D eigenvalue weighted by atomic mass is 9.84. The maximum Gasteiger partial charge on any atom is 0.232 e. The van der Waals surface area contributed by atoms with Crippen LogP contribution in [-0.2, 0) is 10.0 Å². The van der Waals surface area contributed by atoms with Gasteiger partial charge in [-0.2, -0.15) is 0 Å². The first-order valence-electron chi connectivity index (χ1n) is 13.2. The lowest BCUT2D eigenvalue weighted by Crippen LogP contribution is -2.56. The summed E-state index contributed by atoms with van der Waals surface area (Å²) in [7, 11) is -3.79. The topological polar surface area (TPSA) is 92.3 Å². The molecule has 0 aromatic heterocycles. The number of hydrogen-bond acceptors (Lipinski definition) is 8. The summed E-state index contributed by atoms with van der Waals surface area (Å²) in [5.41, 5.74) is 4.62. The molecule has 4 aliphatic rings. The van der Waals surface area contributed by atoms with E-state index < -0.39 is 33.0 Å². The lowest BCUT2D eigenvalue weighted by Gasteiger charge is -2.40. The van der Waals surface area contributed by atoms with Gasteiger partial charge in [0.05, 0.1) is 29.4 Å². The lowest BCUT2D eigenvalue weighted by molar-refractivity contribution is 0.0665. The number of aliphatic imine (C=N–C) groups is 1. The highest BCUT2D eigenvalue weighted by Crippen LogP contribution is 2.39. The molecule has 1 aliphatic carbocycles. The number of hydrogen-bond donors (Lipinski definition) is 3. The largest absolute Gasteiger partial charge is 0.368 e. The second-order valence-corrected chi connectivity index (χ2v) is 13.4. The van der Waals surface area contributed by atoms with Crippen molar-refractivity contribution in [3.8, 4) is 0 Å². The number of halogens is 2. The fourth-order valence-corrected chi connectivity index (χ4v) is 6.89. The summed E-state index contributed by atoms with van der Waals surface area (Å²) in [5, 5.41) is 1.32. The molecule has 3 unspecified atom stereocenters. The van der Waals surface area contributed by atoms with Crippen LogP contribution in [0.3, 0.4) is 0 Å². The number of alkyl halides is 1. The fraction of sp³-hybridized carbons (Fsp3) is 0.654. The van der Waals surface area contributed by atoms with E-state index in [0.29, 0.717) is 18.3 Å². The van der Waals surface area contributed by atoms with Gasteiger partial charge in [-0.15, -0.1) is 5.53 Å². The van der Waals surface area contributed by atoms with Crippen LogP contribution in [0.4, 0.5) is 8.78 Å². The highest BCUT2D eigenvalue weighted by Gasteiger charge is 2.49. The van der Waals surface area contributed by atoms with Crippen molar-refractivity contribution in [1.82, 2.24) is 30.5 Å². The van der Waals surface area contributed by atoms with E-state index in [9.17, 15) is 8.42 Å². The van der Waals surface area contributed by atoms with E-state index >= 15 is 8.78 Å². The molecule has 0 spiro atoms. The van der Waals surface area contributed by atoms with Crippen molar-refractivity contribution in [1.29, 1.82) is 0 Å². The Morgan fingerprint density at radius 3 is 2.47 bits per heavy atom. The second kappa shape index (κ2) is 10.6. The van der Waals surface area contributed by atoms with Crippen LogP contribution in [0.1, 0.15) is 41.5 Å². The smallest absolute Gasteiger partial charge is 0.232 e. The third-order valence-electron chi connectivity index (χ3n) is 7.53. The van der Waals surface area contributed by atoms with Crippen molar-refractivity contribution in [3.63, 3.8) is 0 Å². The minimum atomic E-state index is -3.79. The standard InChI is InChI=1S/C26H41F2N7O2S/c1-18(2)16-38(36,37)31-22-8-7-21(27)24(26(22,6)28)35-15-23(30-32-35)25(5)13-20(14-29-17-25)34-11-9-33(10-12-34)19(3)4/h7-8,13-15,18-19,24,30-32H,9-12,16-17H2,1-6H3. The summed E-state index contributed by atoms with van der Waals surface area (Å²) in [6, 6.07) is -0.907. The summed E-state index contributed by atoms with van der Waals surface area (Å²) < 4.78 is 58.6. The fourth-order valence-electron chi connectivity index (χ4n) is 5.33. The number of hydrazine groups is 2. The summed E-state index contributed by atoms with van der Waals surface area (Å²) in [5.74, 6) is -1.03. The average molecular weight is 554 g/mol. The molecule has 0 bridgehead atoms. The van der Waals surface area contributed by atoms with Crippen molar-refractivity contribution in [2.24, 2.45) is 16.3 Å². The molecule has 0 amide bonds. The molecule has 3 atom stereocenters. The molecule has 1 saturated heterocycles. The van der Waals surface area contributed by atoms with E-state index in [-0.39, 0.29) is 17.4 Å². The molecular formula is C26H41F2N7O2S. The molecule has 3 aliphatic heterocycles. The first-order valence-corrected chi connectivity index (χ1v) is 14.9. The zero-order valence-electron chi connectivity index (χ0n) is 23.1. The Balaban J connectivity index is 1.52. The maximum absolute atomic E-state index is 16.2. The van der Waals surface area contributed by atoms with Gasteiger partial charge < -0.3 is 10.3 Å². The van der Waals surface area contributed by atoms with Crippen LogP contribution in [0.5, 0.6) is 0 Å². The van der Waals surface area contributed by atoms with Gasteiger partial charge in [0, 0.05) is 50.1 Å². The Morgan fingerprint density at radius 2 is 1.84 bits per heavy atom. The summed E-state index contributed by atoms with van der Waals surface area (Å²) in [4.78, 5) is 9.39. The van der Waals surface area contributed by atoms with Crippen LogP contribution in [0.15, 0.2) is 52.3 Å². The molecule has 0 saturated carbocycles. The third-order valence-corrected chi connectivity index (χ3v) is 9.17. The third kappa shape index (κ3) is 5.91. The van der Waals surface area contributed by atoms with Crippen molar-refractivity contribution in [2.45, 2.75) is 59.3 Å². The van der Waals surface area contributed by atoms with Crippen LogP contribution >= 0.6 is 0 Å². The number of rotatable bonds is 8. The zero-order valence-corrected chi connectivity index (χ0v) is 23.9. The van der Waals surface area contributed by atoms with Crippen molar-refractivity contribution in [3.05, 3.63) is 47.3 Å². The Kier molecular flexibility index (Phi) is 7.98. The number of piperazine rings is 1. The summed E-state index contributed by atoms with van der Waals surface area (Å²) >= 11 is 0. The van der Waals surface area contributed by atoms with Crippen LogP contribution in [0.25, 0.3) is 0 Å². The maximum atomic E-state index is 16.2. The summed E-state index contributed by atoms with van der Waals surface area (Å²) in [6.07, 6.45) is 7.96. The van der Waals surface area contributed by atoms with E-state index in [0.717, 1.165) is 44.0 Å². The normalized spacial score (nSPS) is 30.7. The SMILES string of the molecule is CC(C)CS(=O)(=O)NC1=CC=C(F)C(N2C=C(C3(C)C=C(N4CCN(C(C)C)CC4)C=NC3)NN2)C1(C)F. The average Bonchev–Trinajstić information content (AvgIpc) is 3.30. The minimum Gasteiger partial charge on any atom is -0.368 e. The van der Waals surface area contributed by atoms with Gasteiger partial charge in [0.15, 0.2) is 5.67 Å². The Morgan fingerprint density at radius 1 is 1.16 bits per heavy atom. The van der Waals surface area contributed by atoms with Crippen LogP contribution < -0.4 is 15.7 Å². The number of dihydropyridines is 1. The number of nitrogens with zero attached hydrogens (tertiary/aromatic N) is 4. The molecule has 212 valence electrons. The molecule has 1 fully saturated rings. The predicted molar refractivity (Wildman–Crippen MR) is 146 cm³/mol. The predicted octanol–water partition coefficient (Wildman–Crippen LogP) is 2.58. The van der Waals surface area contributed by atoms with Gasteiger partial charge in [-0.1, -0.05) is 13.8 Å². The Hall–Kier alpha value is -2.44. The molecule has 38 heavy (non-hydrogen) atoms. The Labute approximate surface area is 225 Å². The van der Waals surface area contributed by atoms with Gasteiger partial charge in [0.1, 0.15) is 11.9 Å². The van der Waals surface area contributed by atoms with Gasteiger partial charge in [-0.25, -0.2) is 17.2 Å². The highest BCUT2D eigenvalue weighted by molar-refractivity contribution is 7.89. The molecular weight excluding hydrogens is 512 g/mol. The van der Waals surface area contributed by atoms with Crippen molar-refractivity contribution >= 4 is 16.2 Å². The van der Waals surface area contributed by atoms with Gasteiger partial charge in [-0.3, -0.25) is 19.6 Å². The monoisotopic (exact) mass is 553 g/mol. The molecule has 0 aromatic rings. The van der Waals surface area contributed by atoms with Gasteiger partial charge in [-0.05, 0) is 51.8 Å². The highest BCUT2D eigenvalue weighted by atomic mass is 32.2. The van der Waals surface area contributed by atoms with Crippen molar-refractivity contribution in [2.75, 3.05) is 38.5 Å². The molecule has 4 rings (SSSR count). The van der Waals surface area contributed by atoms with E-state index in [2.05, 4.69) is 50.4 Å². The van der Waals surface area contributed by atoms with Crippen molar-refractivity contribution < 1.29 is 17.2 Å². The molecule has 12 heteroatoms. The molecule has 3 heterocycles. The van der Waals surface area contributed by atoms with Gasteiger partial charge in [0.25, 0.3) is 0 Å². The Bertz CT molecular complexity index is 1170. The first-order chi connectivity index (χ1) is 17.7. The van der Waals surface area contributed by atoms with E-state index in [1.165, 1.54) is 11.9 Å². The van der Waals surface area contributed by atoms with E-state index in [1.807, 2.05) is 13.1 Å². The van der Waals surface area contributed by atoms with E-state index in [4.69, 9.17) is 0 Å². The van der Waals surface area contributed by atoms with Gasteiger partial charge in [0.2, 0.25) is 10.0 Å². The van der Waals surface area contributed by atoms with Gasteiger partial charge >= 0.3 is 0 Å². The van der Waals surface area contributed by atoms with Crippen LogP contribution in [0, 0.1) is 11.3 Å². The zero-order chi connectivity index (χ0) is 27.9. The summed E-state index contributed by atoms with van der Waals surface area (Å²) in [6.45, 7) is 15.4. The number of allylic oxidation sites excluding steroid dienone is 3. The molecule has 0 radical (unpaired) electrons. The minimum absolute atomic E-state index is 0.142. The first kappa shape index (κ1) is 28.6. The second-order valence-electron chi connectivity index (χ2n) is 11.6. The van der Waals surface area contributed by atoms with Crippen LogP contribution in [0.2, 0.25) is 0 Å². The van der Waals surface area contributed by atoms with E-state index in [1.54, 1.807) is 20.0 Å². The number of nitrogens with one attached hydrogen (secondary N) is 3. The number of sulfonamides is 1. The van der Waals surface area contributed by atoms with Crippen LogP contribution in [-0.4, -0.2) is 85.7 Å². The molecule has 9 nitrogen and oxygen atoms in total.